The Morgan fingerprint density at radius 2 is 2.00 bits per heavy atom. The summed E-state index contributed by atoms with van der Waals surface area (Å²) in [7, 11) is -3.97. The van der Waals surface area contributed by atoms with Crippen LogP contribution >= 0.6 is 0 Å². The van der Waals surface area contributed by atoms with E-state index in [2.05, 4.69) is 13.8 Å². The topological polar surface area (TPSA) is 66.4 Å². The molecule has 5 heteroatoms. The maximum Gasteiger partial charge on any atom is 0.333 e. The number of rotatable bonds is 5. The van der Waals surface area contributed by atoms with Gasteiger partial charge in [-0.3, -0.25) is 4.55 Å². The smallest absolute Gasteiger partial charge is 0.273 e. The third-order valence-electron chi connectivity index (χ3n) is 1.24. The first-order chi connectivity index (χ1) is 4.92. The number of hydrogen-bond acceptors (Lipinski definition) is 2. The van der Waals surface area contributed by atoms with Crippen molar-refractivity contribution in [2.24, 2.45) is 5.92 Å². The fourth-order valence-electron chi connectivity index (χ4n) is 0.711. The van der Waals surface area contributed by atoms with Gasteiger partial charge in [0.25, 0.3) is 0 Å². The van der Waals surface area contributed by atoms with Crippen LogP contribution < -0.4 is 4.72 Å². The SMILES string of the molecule is CC(C)CCCNS(=O)(=O)O. The fourth-order valence-corrected chi connectivity index (χ4v) is 1.11. The maximum absolute atomic E-state index is 10.1. The summed E-state index contributed by atoms with van der Waals surface area (Å²) in [5.41, 5.74) is 0. The lowest BCUT2D eigenvalue weighted by molar-refractivity contribution is 0.461. The van der Waals surface area contributed by atoms with Gasteiger partial charge in [-0.2, -0.15) is 13.1 Å². The predicted octanol–water partition coefficient (Wildman–Crippen LogP) is 0.815. The molecule has 0 radical (unpaired) electrons. The van der Waals surface area contributed by atoms with Crippen molar-refractivity contribution in [1.29, 1.82) is 0 Å². The Labute approximate surface area is 67.9 Å². The van der Waals surface area contributed by atoms with Gasteiger partial charge in [0, 0.05) is 6.54 Å². The van der Waals surface area contributed by atoms with Crippen molar-refractivity contribution in [3.63, 3.8) is 0 Å². The van der Waals surface area contributed by atoms with Gasteiger partial charge in [-0.25, -0.2) is 0 Å². The molecule has 11 heavy (non-hydrogen) atoms. The van der Waals surface area contributed by atoms with E-state index < -0.39 is 10.3 Å². The molecule has 0 aromatic carbocycles. The molecule has 0 aliphatic carbocycles. The molecule has 0 unspecified atom stereocenters. The number of hydrogen-bond donors (Lipinski definition) is 2. The first kappa shape index (κ1) is 10.9. The van der Waals surface area contributed by atoms with Crippen molar-refractivity contribution in [2.75, 3.05) is 6.54 Å². The van der Waals surface area contributed by atoms with Crippen LogP contribution in [0.3, 0.4) is 0 Å². The van der Waals surface area contributed by atoms with E-state index in [1.54, 1.807) is 0 Å². The lowest BCUT2D eigenvalue weighted by Gasteiger charge is -2.03. The van der Waals surface area contributed by atoms with Gasteiger partial charge in [-0.1, -0.05) is 13.8 Å². The molecular weight excluding hydrogens is 166 g/mol. The van der Waals surface area contributed by atoms with Crippen LogP contribution in [0.2, 0.25) is 0 Å². The molecule has 0 saturated carbocycles. The highest BCUT2D eigenvalue weighted by Crippen LogP contribution is 2.01. The highest BCUT2D eigenvalue weighted by molar-refractivity contribution is 7.83. The lowest BCUT2D eigenvalue weighted by atomic mass is 10.1. The Balaban J connectivity index is 3.30. The summed E-state index contributed by atoms with van der Waals surface area (Å²) in [6.45, 7) is 4.44. The van der Waals surface area contributed by atoms with Crippen molar-refractivity contribution in [1.82, 2.24) is 4.72 Å². The minimum absolute atomic E-state index is 0.316. The zero-order valence-electron chi connectivity index (χ0n) is 6.87. The van der Waals surface area contributed by atoms with Gasteiger partial charge < -0.3 is 0 Å². The van der Waals surface area contributed by atoms with E-state index in [4.69, 9.17) is 4.55 Å². The second-order valence-electron chi connectivity index (χ2n) is 2.91. The molecule has 0 spiro atoms. The van der Waals surface area contributed by atoms with Crippen LogP contribution in [0.5, 0.6) is 0 Å². The van der Waals surface area contributed by atoms with Crippen LogP contribution in [0, 0.1) is 5.92 Å². The summed E-state index contributed by atoms with van der Waals surface area (Å²) in [5, 5.41) is 0. The molecule has 0 aromatic heterocycles. The average molecular weight is 181 g/mol. The first-order valence-electron chi connectivity index (χ1n) is 3.64. The highest BCUT2D eigenvalue weighted by atomic mass is 32.2. The van der Waals surface area contributed by atoms with E-state index in [-0.39, 0.29) is 0 Å². The molecule has 0 bridgehead atoms. The zero-order valence-corrected chi connectivity index (χ0v) is 7.69. The van der Waals surface area contributed by atoms with Gasteiger partial charge in [-0.05, 0) is 18.8 Å². The first-order valence-corrected chi connectivity index (χ1v) is 5.08. The Morgan fingerprint density at radius 3 is 2.36 bits per heavy atom. The van der Waals surface area contributed by atoms with Gasteiger partial charge in [0.05, 0.1) is 0 Å². The minimum atomic E-state index is -3.97. The van der Waals surface area contributed by atoms with E-state index in [9.17, 15) is 8.42 Å². The van der Waals surface area contributed by atoms with Crippen LogP contribution in [0.25, 0.3) is 0 Å². The summed E-state index contributed by atoms with van der Waals surface area (Å²) < 4.78 is 30.5. The van der Waals surface area contributed by atoms with Gasteiger partial charge >= 0.3 is 10.3 Å². The van der Waals surface area contributed by atoms with Gasteiger partial charge in [0.2, 0.25) is 0 Å². The second-order valence-corrected chi connectivity index (χ2v) is 4.14. The van der Waals surface area contributed by atoms with Crippen molar-refractivity contribution in [3.8, 4) is 0 Å². The van der Waals surface area contributed by atoms with E-state index >= 15 is 0 Å². The zero-order chi connectivity index (χ0) is 8.91. The molecule has 0 atom stereocenters. The Morgan fingerprint density at radius 1 is 1.45 bits per heavy atom. The van der Waals surface area contributed by atoms with Crippen LogP contribution in [-0.4, -0.2) is 19.5 Å². The molecule has 0 aromatic rings. The third kappa shape index (κ3) is 9.87. The van der Waals surface area contributed by atoms with E-state index in [0.29, 0.717) is 12.5 Å². The Hall–Kier alpha value is -0.130. The van der Waals surface area contributed by atoms with Crippen molar-refractivity contribution >= 4 is 10.3 Å². The quantitative estimate of drug-likeness (QED) is 0.487. The molecule has 0 saturated heterocycles. The summed E-state index contributed by atoms with van der Waals surface area (Å²) in [4.78, 5) is 0. The van der Waals surface area contributed by atoms with Crippen LogP contribution in [-0.2, 0) is 10.3 Å². The van der Waals surface area contributed by atoms with Crippen molar-refractivity contribution < 1.29 is 13.0 Å². The molecule has 0 heterocycles. The highest BCUT2D eigenvalue weighted by Gasteiger charge is 2.01. The van der Waals surface area contributed by atoms with Gasteiger partial charge in [0.1, 0.15) is 0 Å². The maximum atomic E-state index is 10.1. The van der Waals surface area contributed by atoms with Crippen LogP contribution in [0.4, 0.5) is 0 Å². The third-order valence-corrected chi connectivity index (χ3v) is 1.81. The van der Waals surface area contributed by atoms with Crippen LogP contribution in [0.1, 0.15) is 26.7 Å². The van der Waals surface area contributed by atoms with Crippen LogP contribution in [0.15, 0.2) is 0 Å². The molecule has 0 aliphatic rings. The fraction of sp³-hybridized carbons (Fsp3) is 1.00. The second kappa shape index (κ2) is 4.69. The summed E-state index contributed by atoms with van der Waals surface area (Å²) in [6.07, 6.45) is 1.72. The lowest BCUT2D eigenvalue weighted by Crippen LogP contribution is -2.23. The Bertz CT molecular complexity index is 186. The molecule has 4 nitrogen and oxygen atoms in total. The summed E-state index contributed by atoms with van der Waals surface area (Å²) in [5.74, 6) is 0.568. The molecule has 68 valence electrons. The Kier molecular flexibility index (Phi) is 4.63. The molecular formula is C6H15NO3S. The average Bonchev–Trinajstić information content (AvgIpc) is 1.78. The van der Waals surface area contributed by atoms with Crippen molar-refractivity contribution in [2.45, 2.75) is 26.7 Å². The van der Waals surface area contributed by atoms with Gasteiger partial charge in [0.15, 0.2) is 0 Å². The summed E-state index contributed by atoms with van der Waals surface area (Å²) in [6, 6.07) is 0. The molecule has 2 N–H and O–H groups in total. The van der Waals surface area contributed by atoms with Gasteiger partial charge in [-0.15, -0.1) is 0 Å². The minimum Gasteiger partial charge on any atom is -0.273 e. The molecule has 0 rings (SSSR count). The van der Waals surface area contributed by atoms with E-state index in [1.165, 1.54) is 0 Å². The molecule has 0 aliphatic heterocycles. The molecule has 0 fully saturated rings. The van der Waals surface area contributed by atoms with E-state index in [1.807, 2.05) is 4.72 Å². The predicted molar refractivity (Wildman–Crippen MR) is 43.6 cm³/mol. The largest absolute Gasteiger partial charge is 0.333 e. The normalized spacial score (nSPS) is 12.4. The van der Waals surface area contributed by atoms with Crippen molar-refractivity contribution in [3.05, 3.63) is 0 Å². The summed E-state index contributed by atoms with van der Waals surface area (Å²) >= 11 is 0. The number of nitrogens with one attached hydrogen (secondary N) is 1. The molecule has 0 amide bonds. The standard InChI is InChI=1S/C6H15NO3S/c1-6(2)4-3-5-7-11(8,9)10/h6-7H,3-5H2,1-2H3,(H,8,9,10). The van der Waals surface area contributed by atoms with E-state index in [0.717, 1.165) is 12.8 Å². The monoisotopic (exact) mass is 181 g/mol.